The molecule has 0 heterocycles. The van der Waals surface area contributed by atoms with Crippen LogP contribution in [0.5, 0.6) is 11.5 Å². The third kappa shape index (κ3) is 13.2. The molecule has 4 atom stereocenters. The van der Waals surface area contributed by atoms with Crippen LogP contribution in [0.4, 0.5) is 0 Å². The zero-order valence-corrected chi connectivity index (χ0v) is 37.1. The molecular formula is C40H66N2O10P2. The fraction of sp³-hybridized carbons (Fsp3) is 0.650. The molecule has 0 saturated carbocycles. The average Bonchev–Trinajstić information content (AvgIpc) is 3.03. The van der Waals surface area contributed by atoms with Crippen LogP contribution in [-0.4, -0.2) is 63.1 Å². The van der Waals surface area contributed by atoms with Crippen LogP contribution in [-0.2, 0) is 37.7 Å². The molecule has 0 aliphatic heterocycles. The van der Waals surface area contributed by atoms with Gasteiger partial charge in [-0.2, -0.15) is 0 Å². The summed E-state index contributed by atoms with van der Waals surface area (Å²) in [6, 6.07) is 6.36. The van der Waals surface area contributed by atoms with E-state index in [1.807, 2.05) is 79.7 Å². The van der Waals surface area contributed by atoms with Crippen LogP contribution in [0.2, 0.25) is 0 Å². The van der Waals surface area contributed by atoms with Gasteiger partial charge in [-0.25, -0.2) is 10.2 Å². The second kappa shape index (κ2) is 20.4. The van der Waals surface area contributed by atoms with Gasteiger partial charge in [0.2, 0.25) is 0 Å². The lowest BCUT2D eigenvalue weighted by atomic mass is 9.86. The Morgan fingerprint density at radius 1 is 0.519 bits per heavy atom. The van der Waals surface area contributed by atoms with Crippen LogP contribution in [0, 0.1) is 0 Å². The minimum atomic E-state index is -3.77. The summed E-state index contributed by atoms with van der Waals surface area (Å²) >= 11 is 0. The molecule has 2 aromatic rings. The van der Waals surface area contributed by atoms with Gasteiger partial charge in [0.15, 0.2) is 0 Å². The predicted octanol–water partition coefficient (Wildman–Crippen LogP) is 10.1. The fourth-order valence-corrected chi connectivity index (χ4v) is 9.23. The van der Waals surface area contributed by atoms with Crippen molar-refractivity contribution in [3.05, 3.63) is 46.5 Å². The number of benzene rings is 2. The number of nitrogens with one attached hydrogen (secondary N) is 2. The molecule has 0 bridgehead atoms. The third-order valence-electron chi connectivity index (χ3n) is 8.38. The molecule has 0 aliphatic rings. The minimum absolute atomic E-state index is 0.0381. The maximum Gasteiger partial charge on any atom is 0.342 e. The number of ether oxygens (including phenoxy) is 4. The van der Waals surface area contributed by atoms with Gasteiger partial charge in [0.25, 0.3) is 0 Å². The van der Waals surface area contributed by atoms with Crippen molar-refractivity contribution < 1.29 is 46.7 Å². The number of carbonyl (C=O) groups excluding carboxylic acids is 2. The Kier molecular flexibility index (Phi) is 18.0. The van der Waals surface area contributed by atoms with Gasteiger partial charge in [0.1, 0.15) is 36.3 Å². The Hall–Kier alpha value is -2.72. The van der Waals surface area contributed by atoms with Crippen molar-refractivity contribution in [3.8, 4) is 22.6 Å². The highest BCUT2D eigenvalue weighted by molar-refractivity contribution is 7.57. The Morgan fingerprint density at radius 2 is 0.778 bits per heavy atom. The van der Waals surface area contributed by atoms with E-state index >= 15 is 0 Å². The minimum Gasteiger partial charge on any atom is -0.462 e. The molecule has 0 saturated heterocycles. The van der Waals surface area contributed by atoms with Gasteiger partial charge >= 0.3 is 27.0 Å². The first-order valence-electron chi connectivity index (χ1n) is 18.9. The maximum absolute atomic E-state index is 14.3. The molecule has 2 rings (SSSR count). The summed E-state index contributed by atoms with van der Waals surface area (Å²) in [6.07, 6.45) is -1.19. The highest BCUT2D eigenvalue weighted by Crippen LogP contribution is 2.52. The number of hydrogen-bond donors (Lipinski definition) is 2. The van der Waals surface area contributed by atoms with Gasteiger partial charge in [0.05, 0.1) is 12.2 Å². The third-order valence-corrected chi connectivity index (χ3v) is 12.1. The van der Waals surface area contributed by atoms with Crippen LogP contribution in [0.25, 0.3) is 11.1 Å². The molecule has 0 spiro atoms. The maximum atomic E-state index is 14.3. The summed E-state index contributed by atoms with van der Waals surface area (Å²) in [6.45, 7) is 26.5. The van der Waals surface area contributed by atoms with Gasteiger partial charge in [-0.05, 0) is 123 Å². The molecule has 2 N–H and O–H groups in total. The Bertz CT molecular complexity index is 1490. The van der Waals surface area contributed by atoms with Crippen molar-refractivity contribution in [3.63, 3.8) is 0 Å². The Balaban J connectivity index is 2.80. The number of methoxy groups -OCH3 is 2. The lowest BCUT2D eigenvalue weighted by molar-refractivity contribution is -0.149. The van der Waals surface area contributed by atoms with E-state index in [0.29, 0.717) is 11.5 Å². The quantitative estimate of drug-likeness (QED) is 0.0915. The molecule has 0 fully saturated rings. The predicted molar refractivity (Wildman–Crippen MR) is 216 cm³/mol. The van der Waals surface area contributed by atoms with Gasteiger partial charge in [-0.15, -0.1) is 0 Å². The molecule has 0 aliphatic carbocycles. The van der Waals surface area contributed by atoms with Gasteiger partial charge < -0.3 is 28.0 Å². The summed E-state index contributed by atoms with van der Waals surface area (Å²) in [5, 5.41) is 5.77. The molecule has 0 aromatic heterocycles. The van der Waals surface area contributed by atoms with Crippen LogP contribution < -0.4 is 19.2 Å². The largest absolute Gasteiger partial charge is 0.462 e. The summed E-state index contributed by atoms with van der Waals surface area (Å²) in [5.74, 6) is -0.280. The van der Waals surface area contributed by atoms with Crippen LogP contribution >= 0.6 is 15.0 Å². The number of hydrogen-bond acceptors (Lipinski definition) is 10. The second-order valence-corrected chi connectivity index (χ2v) is 19.7. The molecule has 2 aromatic carbocycles. The molecule has 14 heteroatoms. The van der Waals surface area contributed by atoms with Crippen molar-refractivity contribution in [1.82, 2.24) is 10.2 Å². The number of rotatable bonds is 21. The molecular weight excluding hydrogens is 730 g/mol. The summed E-state index contributed by atoms with van der Waals surface area (Å²) in [5.41, 5.74) is 5.16. The molecule has 12 nitrogen and oxygen atoms in total. The van der Waals surface area contributed by atoms with Gasteiger partial charge in [-0.1, -0.05) is 55.4 Å². The number of carbonyl (C=O) groups is 2. The Morgan fingerprint density at radius 3 is 0.981 bits per heavy atom. The van der Waals surface area contributed by atoms with E-state index in [1.54, 1.807) is 41.5 Å². The topological polar surface area (TPSA) is 148 Å². The van der Waals surface area contributed by atoms with Crippen LogP contribution in [0.3, 0.4) is 0 Å². The molecule has 306 valence electrons. The summed E-state index contributed by atoms with van der Waals surface area (Å²) in [7, 11) is -4.68. The van der Waals surface area contributed by atoms with E-state index in [0.717, 1.165) is 33.4 Å². The van der Waals surface area contributed by atoms with E-state index in [-0.39, 0.29) is 48.6 Å². The average molecular weight is 797 g/mol. The highest BCUT2D eigenvalue weighted by atomic mass is 31.2. The van der Waals surface area contributed by atoms with Crippen molar-refractivity contribution in [2.75, 3.05) is 26.9 Å². The lowest BCUT2D eigenvalue weighted by Crippen LogP contribution is -2.36. The standard InChI is InChI=1S/C40H66N2O10P2/c1-23(2)33-17-31(18-34(24(3)4)37(33)51-53(45,21-47-15)41-29(13)39(43)49-27(9)10)32-19-35(25(5)6)38(36(20-32)26(7)8)52-54(46,22-48-16)42-30(14)40(44)50-28(11)12/h17-20,23-30H,21-22H2,1-16H3,(H,41,45)(H,42,46)/t29-,30-,53?,54?/m0/s1. The summed E-state index contributed by atoms with van der Waals surface area (Å²) in [4.78, 5) is 25.4. The SMILES string of the molecule is COCP(=O)(N[C@@H](C)C(=O)OC(C)C)Oc1c(C(C)C)cc(-c2cc(C(C)C)c(OP(=O)(COC)N[C@@H](C)C(=O)OC(C)C)c(C(C)C)c2)cc1C(C)C. The van der Waals surface area contributed by atoms with Crippen LogP contribution in [0.15, 0.2) is 24.3 Å². The van der Waals surface area contributed by atoms with E-state index in [9.17, 15) is 18.7 Å². The monoisotopic (exact) mass is 796 g/mol. The Labute approximate surface area is 324 Å². The normalized spacial score (nSPS) is 15.4. The van der Waals surface area contributed by atoms with Gasteiger partial charge in [-0.3, -0.25) is 18.7 Å². The molecule has 54 heavy (non-hydrogen) atoms. The molecule has 0 radical (unpaired) electrons. The van der Waals surface area contributed by atoms with E-state index < -0.39 is 39.1 Å². The van der Waals surface area contributed by atoms with Crippen LogP contribution in [0.1, 0.15) is 143 Å². The van der Waals surface area contributed by atoms with Crippen molar-refractivity contribution in [2.45, 2.75) is 145 Å². The van der Waals surface area contributed by atoms with E-state index in [2.05, 4.69) is 10.2 Å². The molecule has 2 unspecified atom stereocenters. The molecule has 0 amide bonds. The van der Waals surface area contributed by atoms with Gasteiger partial charge in [0, 0.05) is 14.2 Å². The smallest absolute Gasteiger partial charge is 0.342 e. The fourth-order valence-electron chi connectivity index (χ4n) is 5.79. The summed E-state index contributed by atoms with van der Waals surface area (Å²) < 4.78 is 62.9. The first-order chi connectivity index (χ1) is 25.0. The first-order valence-corrected chi connectivity index (χ1v) is 22.5. The second-order valence-electron chi connectivity index (χ2n) is 15.6. The first kappa shape index (κ1) is 47.4. The van der Waals surface area contributed by atoms with Crippen molar-refractivity contribution in [2.24, 2.45) is 0 Å². The van der Waals surface area contributed by atoms with E-state index in [1.165, 1.54) is 14.2 Å². The zero-order valence-electron chi connectivity index (χ0n) is 35.3. The van der Waals surface area contributed by atoms with Crippen molar-refractivity contribution >= 4 is 27.0 Å². The highest BCUT2D eigenvalue weighted by Gasteiger charge is 2.35. The zero-order chi connectivity index (χ0) is 41.3. The lowest BCUT2D eigenvalue weighted by Gasteiger charge is -2.29. The van der Waals surface area contributed by atoms with E-state index in [4.69, 9.17) is 28.0 Å². The van der Waals surface area contributed by atoms with Crippen molar-refractivity contribution in [1.29, 1.82) is 0 Å². The number of esters is 2.